The molecule has 4 amide bonds. The largest absolute Gasteiger partial charge is 0.370 e. The van der Waals surface area contributed by atoms with Gasteiger partial charge in [-0.1, -0.05) is 23.7 Å². The minimum Gasteiger partial charge on any atom is -0.370 e. The summed E-state index contributed by atoms with van der Waals surface area (Å²) in [6.07, 6.45) is 0.288. The Kier molecular flexibility index (Phi) is 4.29. The van der Waals surface area contributed by atoms with E-state index in [2.05, 4.69) is 10.6 Å². The first kappa shape index (κ1) is 19.8. The number of rotatable bonds is 3. The molecule has 0 saturated carbocycles. The number of nitrogens with one attached hydrogen (secondary N) is 2. The van der Waals surface area contributed by atoms with Crippen LogP contribution in [0.4, 0.5) is 5.69 Å². The van der Waals surface area contributed by atoms with E-state index in [9.17, 15) is 19.2 Å². The zero-order valence-electron chi connectivity index (χ0n) is 16.4. The average Bonchev–Trinajstić information content (AvgIpc) is 3.19. The molecule has 0 bridgehead atoms. The van der Waals surface area contributed by atoms with E-state index < -0.39 is 46.7 Å². The molecule has 9 heteroatoms. The fourth-order valence-electron chi connectivity index (χ4n) is 5.00. The molecular formula is C20H23ClN4O4. The van der Waals surface area contributed by atoms with Gasteiger partial charge in [0.2, 0.25) is 23.6 Å². The van der Waals surface area contributed by atoms with E-state index >= 15 is 0 Å². The summed E-state index contributed by atoms with van der Waals surface area (Å²) in [5.41, 5.74) is 4.14. The molecule has 154 valence electrons. The second-order valence-electron chi connectivity index (χ2n) is 8.87. The van der Waals surface area contributed by atoms with E-state index in [1.54, 1.807) is 39.0 Å². The standard InChI is InChI=1S/C20H23ClN4O4/c1-19(2,3)25-16(27)13-11(7-8-12(22)26)24-20(14(13)17(25)28)9-5-4-6-10(21)15(9)23-18(20)29/h4-6,11,13-14,24H,7-8H2,1-3H3,(H2,22,26)(H,23,29)/t11?,13-,14+,20?/m1/s1. The number of anilines is 1. The second-order valence-corrected chi connectivity index (χ2v) is 9.27. The number of para-hydroxylation sites is 1. The van der Waals surface area contributed by atoms with E-state index in [1.807, 2.05) is 0 Å². The molecule has 2 fully saturated rings. The third-order valence-electron chi connectivity index (χ3n) is 6.07. The quantitative estimate of drug-likeness (QED) is 0.635. The minimum atomic E-state index is -1.42. The van der Waals surface area contributed by atoms with Crippen molar-refractivity contribution in [2.75, 3.05) is 5.32 Å². The minimum absolute atomic E-state index is 0.0397. The normalized spacial score (nSPS) is 30.7. The van der Waals surface area contributed by atoms with Crippen LogP contribution in [-0.2, 0) is 24.7 Å². The van der Waals surface area contributed by atoms with Gasteiger partial charge in [0.25, 0.3) is 0 Å². The second kappa shape index (κ2) is 6.27. The Morgan fingerprint density at radius 1 is 1.24 bits per heavy atom. The van der Waals surface area contributed by atoms with Crippen LogP contribution < -0.4 is 16.4 Å². The summed E-state index contributed by atoms with van der Waals surface area (Å²) in [6.45, 7) is 5.34. The fraction of sp³-hybridized carbons (Fsp3) is 0.500. The lowest BCUT2D eigenvalue weighted by Crippen LogP contribution is -2.55. The number of carbonyl (C=O) groups is 4. The van der Waals surface area contributed by atoms with Gasteiger partial charge in [0.15, 0.2) is 0 Å². The number of likely N-dealkylation sites (tertiary alicyclic amines) is 1. The van der Waals surface area contributed by atoms with Gasteiger partial charge in [0, 0.05) is 23.6 Å². The topological polar surface area (TPSA) is 122 Å². The smallest absolute Gasteiger partial charge is 0.250 e. The van der Waals surface area contributed by atoms with Crippen LogP contribution >= 0.6 is 11.6 Å². The Labute approximate surface area is 173 Å². The summed E-state index contributed by atoms with van der Waals surface area (Å²) in [6, 6.07) is 4.54. The van der Waals surface area contributed by atoms with Crippen molar-refractivity contribution >= 4 is 40.9 Å². The van der Waals surface area contributed by atoms with Crippen molar-refractivity contribution in [1.82, 2.24) is 10.2 Å². The third-order valence-corrected chi connectivity index (χ3v) is 6.39. The van der Waals surface area contributed by atoms with Crippen molar-refractivity contribution in [3.8, 4) is 0 Å². The maximum Gasteiger partial charge on any atom is 0.250 e. The Bertz CT molecular complexity index is 956. The highest BCUT2D eigenvalue weighted by Gasteiger charge is 2.71. The number of nitrogens with zero attached hydrogens (tertiary/aromatic N) is 1. The Morgan fingerprint density at radius 3 is 2.55 bits per heavy atom. The zero-order chi connectivity index (χ0) is 21.3. The molecule has 0 radical (unpaired) electrons. The number of nitrogens with two attached hydrogens (primary N) is 1. The Hall–Kier alpha value is -2.45. The van der Waals surface area contributed by atoms with Crippen LogP contribution in [-0.4, -0.2) is 40.1 Å². The maximum atomic E-state index is 13.5. The van der Waals surface area contributed by atoms with Gasteiger partial charge >= 0.3 is 0 Å². The van der Waals surface area contributed by atoms with E-state index in [-0.39, 0.29) is 18.7 Å². The summed E-state index contributed by atoms with van der Waals surface area (Å²) in [5.74, 6) is -3.36. The van der Waals surface area contributed by atoms with Crippen molar-refractivity contribution in [1.29, 1.82) is 0 Å². The number of fused-ring (bicyclic) bond motifs is 4. The molecule has 4 rings (SSSR count). The van der Waals surface area contributed by atoms with Crippen molar-refractivity contribution in [3.63, 3.8) is 0 Å². The molecule has 8 nitrogen and oxygen atoms in total. The molecule has 3 aliphatic rings. The molecule has 3 heterocycles. The number of amides is 4. The first-order chi connectivity index (χ1) is 13.5. The molecule has 2 saturated heterocycles. The number of hydrogen-bond acceptors (Lipinski definition) is 5. The van der Waals surface area contributed by atoms with E-state index in [1.165, 1.54) is 4.90 Å². The molecule has 1 aromatic carbocycles. The zero-order valence-corrected chi connectivity index (χ0v) is 17.2. The number of carbonyl (C=O) groups excluding carboxylic acids is 4. The molecule has 2 unspecified atom stereocenters. The lowest BCUT2D eigenvalue weighted by atomic mass is 9.76. The molecule has 1 spiro atoms. The van der Waals surface area contributed by atoms with E-state index in [0.29, 0.717) is 16.3 Å². The number of imide groups is 1. The van der Waals surface area contributed by atoms with Crippen LogP contribution in [0.3, 0.4) is 0 Å². The van der Waals surface area contributed by atoms with Crippen molar-refractivity contribution in [2.45, 2.75) is 50.7 Å². The molecule has 4 N–H and O–H groups in total. The van der Waals surface area contributed by atoms with Gasteiger partial charge in [0.1, 0.15) is 5.54 Å². The SMILES string of the molecule is CC(C)(C)N1C(=O)[C@@H]2C(CCC(N)=O)NC3(C(=O)Nc4c(Cl)cccc43)[C@@H]2C1=O. The predicted octanol–water partition coefficient (Wildman–Crippen LogP) is 1.12. The highest BCUT2D eigenvalue weighted by Crippen LogP contribution is 2.55. The molecule has 0 aromatic heterocycles. The molecule has 4 atom stereocenters. The molecule has 3 aliphatic heterocycles. The van der Waals surface area contributed by atoms with Crippen LogP contribution in [0.2, 0.25) is 5.02 Å². The number of halogens is 1. The van der Waals surface area contributed by atoms with Crippen LogP contribution in [0.1, 0.15) is 39.2 Å². The number of primary amides is 1. The van der Waals surface area contributed by atoms with Gasteiger partial charge in [-0.2, -0.15) is 0 Å². The van der Waals surface area contributed by atoms with E-state index in [0.717, 1.165) is 0 Å². The predicted molar refractivity (Wildman–Crippen MR) is 106 cm³/mol. The first-order valence-corrected chi connectivity index (χ1v) is 9.92. The highest BCUT2D eigenvalue weighted by molar-refractivity contribution is 6.35. The van der Waals surface area contributed by atoms with Gasteiger partial charge in [-0.25, -0.2) is 0 Å². The third kappa shape index (κ3) is 2.62. The molecular weight excluding hydrogens is 396 g/mol. The number of benzene rings is 1. The fourth-order valence-corrected chi connectivity index (χ4v) is 5.22. The average molecular weight is 419 g/mol. The summed E-state index contributed by atoms with van der Waals surface area (Å²) in [5, 5.41) is 6.38. The van der Waals surface area contributed by atoms with Crippen molar-refractivity contribution in [2.24, 2.45) is 17.6 Å². The maximum absolute atomic E-state index is 13.5. The van der Waals surface area contributed by atoms with Gasteiger partial charge < -0.3 is 11.1 Å². The molecule has 29 heavy (non-hydrogen) atoms. The summed E-state index contributed by atoms with van der Waals surface area (Å²) >= 11 is 6.28. The lowest BCUT2D eigenvalue weighted by molar-refractivity contribution is -0.148. The molecule has 0 aliphatic carbocycles. The number of hydrogen-bond donors (Lipinski definition) is 3. The van der Waals surface area contributed by atoms with Crippen LogP contribution in [0.5, 0.6) is 0 Å². The van der Waals surface area contributed by atoms with Gasteiger partial charge in [-0.05, 0) is 33.3 Å². The summed E-state index contributed by atoms with van der Waals surface area (Å²) < 4.78 is 0. The summed E-state index contributed by atoms with van der Waals surface area (Å²) in [4.78, 5) is 52.7. The van der Waals surface area contributed by atoms with Crippen LogP contribution in [0, 0.1) is 11.8 Å². The van der Waals surface area contributed by atoms with Gasteiger partial charge in [0.05, 0.1) is 22.5 Å². The monoisotopic (exact) mass is 418 g/mol. The van der Waals surface area contributed by atoms with Gasteiger partial charge in [-0.15, -0.1) is 0 Å². The van der Waals surface area contributed by atoms with Crippen LogP contribution in [0.15, 0.2) is 18.2 Å². The first-order valence-electron chi connectivity index (χ1n) is 9.54. The Balaban J connectivity index is 1.88. The molecule has 1 aromatic rings. The van der Waals surface area contributed by atoms with E-state index in [4.69, 9.17) is 17.3 Å². The van der Waals surface area contributed by atoms with Crippen molar-refractivity contribution in [3.05, 3.63) is 28.8 Å². The Morgan fingerprint density at radius 2 is 1.93 bits per heavy atom. The highest BCUT2D eigenvalue weighted by atomic mass is 35.5. The summed E-state index contributed by atoms with van der Waals surface area (Å²) in [7, 11) is 0. The van der Waals surface area contributed by atoms with Gasteiger partial charge in [-0.3, -0.25) is 29.4 Å². The van der Waals surface area contributed by atoms with Crippen molar-refractivity contribution < 1.29 is 19.2 Å². The lowest BCUT2D eigenvalue weighted by Gasteiger charge is -2.34. The van der Waals surface area contributed by atoms with Crippen LogP contribution in [0.25, 0.3) is 0 Å².